The largest absolute Gasteiger partial charge is 0.491 e. The molecule has 0 atom stereocenters. The molecule has 0 bridgehead atoms. The van der Waals surface area contributed by atoms with Crippen LogP contribution in [0.2, 0.25) is 0 Å². The van der Waals surface area contributed by atoms with E-state index < -0.39 is 0 Å². The van der Waals surface area contributed by atoms with Gasteiger partial charge in [-0.25, -0.2) is 4.98 Å². The SMILES string of the molecule is CCCCOCCOc1ccc(-c2ccc3c(c2)C=C(C(=O)Nc2ccc(SCc4ncnn4C)cc2)CCN3CC(C)C)cc1. The molecule has 4 aromatic rings. The van der Waals surface area contributed by atoms with Gasteiger partial charge in [-0.3, -0.25) is 9.48 Å². The number of rotatable bonds is 15. The Morgan fingerprint density at radius 3 is 2.50 bits per heavy atom. The van der Waals surface area contributed by atoms with Crippen molar-refractivity contribution in [3.63, 3.8) is 0 Å². The number of nitrogens with one attached hydrogen (secondary N) is 1. The summed E-state index contributed by atoms with van der Waals surface area (Å²) in [6, 6.07) is 22.7. The standard InChI is InChI=1S/C37H45N5O3S/c1-5-6-19-44-20-21-45-33-12-7-28(8-13-33)29-9-16-35-31(22-29)23-30(17-18-42(35)24-27(2)3)37(43)40-32-10-14-34(15-11-32)46-25-36-38-26-39-41(36)4/h7-16,22-23,26-27H,5-6,17-21,24-25H2,1-4H3,(H,40,43). The van der Waals surface area contributed by atoms with E-state index >= 15 is 0 Å². The van der Waals surface area contributed by atoms with Crippen molar-refractivity contribution < 1.29 is 14.3 Å². The fourth-order valence-electron chi connectivity index (χ4n) is 5.34. The van der Waals surface area contributed by atoms with Crippen LogP contribution in [-0.2, 0) is 22.3 Å². The van der Waals surface area contributed by atoms with Gasteiger partial charge in [0, 0.05) is 48.6 Å². The minimum absolute atomic E-state index is 0.0672. The summed E-state index contributed by atoms with van der Waals surface area (Å²) in [7, 11) is 1.89. The maximum Gasteiger partial charge on any atom is 0.251 e. The highest BCUT2D eigenvalue weighted by Crippen LogP contribution is 2.34. The lowest BCUT2D eigenvalue weighted by atomic mass is 10.00. The lowest BCUT2D eigenvalue weighted by Crippen LogP contribution is -2.29. The van der Waals surface area contributed by atoms with Gasteiger partial charge in [0.05, 0.1) is 12.4 Å². The van der Waals surface area contributed by atoms with E-state index in [1.807, 2.05) is 43.4 Å². The van der Waals surface area contributed by atoms with Crippen molar-refractivity contribution in [3.8, 4) is 16.9 Å². The van der Waals surface area contributed by atoms with Gasteiger partial charge in [-0.2, -0.15) is 5.10 Å². The Balaban J connectivity index is 1.27. The highest BCUT2D eigenvalue weighted by molar-refractivity contribution is 7.98. The lowest BCUT2D eigenvalue weighted by Gasteiger charge is -2.27. The molecule has 1 aromatic heterocycles. The fraction of sp³-hybridized carbons (Fsp3) is 0.378. The number of nitrogens with zero attached hydrogens (tertiary/aromatic N) is 4. The van der Waals surface area contributed by atoms with Crippen LogP contribution in [0.4, 0.5) is 11.4 Å². The van der Waals surface area contributed by atoms with Crippen molar-refractivity contribution in [1.29, 1.82) is 0 Å². The van der Waals surface area contributed by atoms with Gasteiger partial charge in [-0.1, -0.05) is 45.4 Å². The van der Waals surface area contributed by atoms with Crippen molar-refractivity contribution in [2.75, 3.05) is 43.1 Å². The summed E-state index contributed by atoms with van der Waals surface area (Å²) < 4.78 is 13.3. The molecule has 0 spiro atoms. The molecule has 0 saturated heterocycles. The molecule has 1 aliphatic rings. The third kappa shape index (κ3) is 9.23. The number of aromatic nitrogens is 3. The maximum absolute atomic E-state index is 13.6. The van der Waals surface area contributed by atoms with Crippen LogP contribution in [-0.4, -0.2) is 53.6 Å². The van der Waals surface area contributed by atoms with Gasteiger partial charge in [-0.05, 0) is 90.1 Å². The first-order valence-corrected chi connectivity index (χ1v) is 17.2. The number of carbonyl (C=O) groups is 1. The molecule has 1 N–H and O–H groups in total. The summed E-state index contributed by atoms with van der Waals surface area (Å²) >= 11 is 1.69. The highest BCUT2D eigenvalue weighted by atomic mass is 32.2. The van der Waals surface area contributed by atoms with Gasteiger partial charge in [0.2, 0.25) is 0 Å². The summed E-state index contributed by atoms with van der Waals surface area (Å²) in [5.74, 6) is 2.91. The molecule has 3 aromatic carbocycles. The first-order chi connectivity index (χ1) is 22.4. The molecule has 1 aliphatic heterocycles. The molecule has 1 amide bonds. The van der Waals surface area contributed by atoms with E-state index in [9.17, 15) is 4.79 Å². The monoisotopic (exact) mass is 639 g/mol. The quantitative estimate of drug-likeness (QED) is 0.105. The van der Waals surface area contributed by atoms with Crippen LogP contribution >= 0.6 is 11.8 Å². The molecule has 0 radical (unpaired) electrons. The number of hydrogen-bond donors (Lipinski definition) is 1. The third-order valence-corrected chi connectivity index (χ3v) is 8.85. The highest BCUT2D eigenvalue weighted by Gasteiger charge is 2.21. The Hall–Kier alpha value is -4.08. The number of anilines is 2. The van der Waals surface area contributed by atoms with E-state index in [1.54, 1.807) is 22.8 Å². The molecule has 9 heteroatoms. The normalized spacial score (nSPS) is 12.9. The Kier molecular flexibility index (Phi) is 11.9. The van der Waals surface area contributed by atoms with Gasteiger partial charge in [0.1, 0.15) is 24.5 Å². The summed E-state index contributed by atoms with van der Waals surface area (Å²) in [5.41, 5.74) is 5.97. The Bertz CT molecular complexity index is 1600. The Labute approximate surface area is 277 Å². The molecule has 0 saturated carbocycles. The summed E-state index contributed by atoms with van der Waals surface area (Å²) in [5, 5.41) is 7.26. The molecule has 2 heterocycles. The molecule has 8 nitrogen and oxygen atoms in total. The van der Waals surface area contributed by atoms with Crippen molar-refractivity contribution in [2.24, 2.45) is 13.0 Å². The third-order valence-electron chi connectivity index (χ3n) is 7.84. The smallest absolute Gasteiger partial charge is 0.251 e. The van der Waals surface area contributed by atoms with Crippen LogP contribution in [0.5, 0.6) is 5.75 Å². The maximum atomic E-state index is 13.6. The number of ether oxygens (including phenoxy) is 2. The topological polar surface area (TPSA) is 81.5 Å². The summed E-state index contributed by atoms with van der Waals surface area (Å²) in [4.78, 5) is 21.4. The number of amides is 1. The number of benzene rings is 3. The van der Waals surface area contributed by atoms with Gasteiger partial charge in [-0.15, -0.1) is 11.8 Å². The van der Waals surface area contributed by atoms with E-state index in [1.165, 1.54) is 0 Å². The van der Waals surface area contributed by atoms with E-state index in [4.69, 9.17) is 9.47 Å². The molecular weight excluding hydrogens is 595 g/mol. The van der Waals surface area contributed by atoms with Crippen LogP contribution in [0.25, 0.3) is 17.2 Å². The second-order valence-corrected chi connectivity index (χ2v) is 13.0. The van der Waals surface area contributed by atoms with E-state index in [0.29, 0.717) is 25.6 Å². The number of unbranched alkanes of at least 4 members (excludes halogenated alkanes) is 1. The van der Waals surface area contributed by atoms with Crippen molar-refractivity contribution in [3.05, 3.63) is 90.0 Å². The Morgan fingerprint density at radius 1 is 1.00 bits per heavy atom. The minimum Gasteiger partial charge on any atom is -0.491 e. The number of fused-ring (bicyclic) bond motifs is 1. The summed E-state index contributed by atoms with van der Waals surface area (Å²) in [6.07, 6.45) is 6.51. The van der Waals surface area contributed by atoms with Crippen LogP contribution in [0.15, 0.2) is 83.5 Å². The summed E-state index contributed by atoms with van der Waals surface area (Å²) in [6.45, 7) is 10.2. The first kappa shape index (κ1) is 33.3. The molecule has 5 rings (SSSR count). The average molecular weight is 640 g/mol. The number of hydrogen-bond acceptors (Lipinski definition) is 7. The lowest BCUT2D eigenvalue weighted by molar-refractivity contribution is -0.112. The van der Waals surface area contributed by atoms with Gasteiger partial charge in [0.15, 0.2) is 0 Å². The van der Waals surface area contributed by atoms with Crippen LogP contribution in [0.3, 0.4) is 0 Å². The van der Waals surface area contributed by atoms with Crippen LogP contribution in [0, 0.1) is 5.92 Å². The fourth-order valence-corrected chi connectivity index (χ4v) is 6.22. The van der Waals surface area contributed by atoms with Crippen molar-refractivity contribution in [2.45, 2.75) is 50.7 Å². The van der Waals surface area contributed by atoms with E-state index in [2.05, 4.69) is 77.5 Å². The van der Waals surface area contributed by atoms with Gasteiger partial charge < -0.3 is 19.7 Å². The second-order valence-electron chi connectivity index (χ2n) is 11.9. The zero-order valence-corrected chi connectivity index (χ0v) is 28.2. The zero-order valence-electron chi connectivity index (χ0n) is 27.4. The van der Waals surface area contributed by atoms with Gasteiger partial charge in [0.25, 0.3) is 5.91 Å². The predicted octanol–water partition coefficient (Wildman–Crippen LogP) is 7.86. The number of aryl methyl sites for hydroxylation is 1. The number of carbonyl (C=O) groups excluding carboxylic acids is 1. The van der Waals surface area contributed by atoms with E-state index in [0.717, 1.165) is 88.4 Å². The average Bonchev–Trinajstić information content (AvgIpc) is 3.38. The Morgan fingerprint density at radius 2 is 1.78 bits per heavy atom. The van der Waals surface area contributed by atoms with E-state index in [-0.39, 0.29) is 5.91 Å². The molecule has 0 aliphatic carbocycles. The zero-order chi connectivity index (χ0) is 32.3. The van der Waals surface area contributed by atoms with Crippen LogP contribution in [0.1, 0.15) is 51.4 Å². The van der Waals surface area contributed by atoms with Crippen molar-refractivity contribution >= 4 is 35.1 Å². The molecule has 242 valence electrons. The second kappa shape index (κ2) is 16.5. The molecule has 0 unspecified atom stereocenters. The molecular formula is C37H45N5O3S. The predicted molar refractivity (Wildman–Crippen MR) is 188 cm³/mol. The van der Waals surface area contributed by atoms with Crippen LogP contribution < -0.4 is 15.0 Å². The molecule has 0 fully saturated rings. The van der Waals surface area contributed by atoms with Gasteiger partial charge >= 0.3 is 0 Å². The first-order valence-electron chi connectivity index (χ1n) is 16.2. The molecule has 46 heavy (non-hydrogen) atoms. The van der Waals surface area contributed by atoms with Crippen molar-refractivity contribution in [1.82, 2.24) is 14.8 Å². The minimum atomic E-state index is -0.0672. The number of thioether (sulfide) groups is 1.